The van der Waals surface area contributed by atoms with E-state index < -0.39 is 11.7 Å². The lowest BCUT2D eigenvalue weighted by Gasteiger charge is -2.55. The van der Waals surface area contributed by atoms with Crippen molar-refractivity contribution in [3.05, 3.63) is 58.8 Å². The number of ether oxygens (including phenoxy) is 3. The first-order valence-corrected chi connectivity index (χ1v) is 11.8. The Hall–Kier alpha value is -3.01. The number of aliphatic hydroxyl groups excluding tert-OH is 1. The molecule has 1 unspecified atom stereocenters. The van der Waals surface area contributed by atoms with E-state index in [9.17, 15) is 9.90 Å². The summed E-state index contributed by atoms with van der Waals surface area (Å²) in [5.41, 5.74) is 1.42. The van der Waals surface area contributed by atoms with E-state index in [0.717, 1.165) is 48.2 Å². The second-order valence-corrected chi connectivity index (χ2v) is 9.51. The smallest absolute Gasteiger partial charge is 0.251 e. The van der Waals surface area contributed by atoms with Crippen molar-refractivity contribution >= 4 is 11.0 Å². The Morgan fingerprint density at radius 2 is 1.91 bits per heavy atom. The Kier molecular flexibility index (Phi) is 5.28. The summed E-state index contributed by atoms with van der Waals surface area (Å²) in [7, 11) is 0. The second kappa shape index (κ2) is 8.33. The van der Waals surface area contributed by atoms with E-state index in [-0.39, 0.29) is 17.6 Å². The van der Waals surface area contributed by atoms with E-state index in [0.29, 0.717) is 32.1 Å². The average molecular weight is 465 g/mol. The number of aliphatic hydroxyl groups is 1. The number of aromatic nitrogens is 3. The largest absolute Gasteiger partial charge is 0.486 e. The van der Waals surface area contributed by atoms with Gasteiger partial charge in [-0.15, -0.1) is 0 Å². The third kappa shape index (κ3) is 3.73. The maximum absolute atomic E-state index is 12.6. The predicted molar refractivity (Wildman–Crippen MR) is 124 cm³/mol. The van der Waals surface area contributed by atoms with Gasteiger partial charge in [0.15, 0.2) is 11.5 Å². The molecule has 34 heavy (non-hydrogen) atoms. The van der Waals surface area contributed by atoms with Crippen LogP contribution in [0.3, 0.4) is 0 Å². The Bertz CT molecular complexity index is 1250. The topological polar surface area (TPSA) is 108 Å². The molecule has 3 aromatic heterocycles. The lowest BCUT2D eigenvalue weighted by Crippen LogP contribution is -2.65. The monoisotopic (exact) mass is 464 g/mol. The van der Waals surface area contributed by atoms with Gasteiger partial charge in [0.05, 0.1) is 41.7 Å². The van der Waals surface area contributed by atoms with Gasteiger partial charge in [0.25, 0.3) is 5.56 Å². The molecule has 0 spiro atoms. The van der Waals surface area contributed by atoms with Crippen molar-refractivity contribution in [2.24, 2.45) is 0 Å². The quantitative estimate of drug-likeness (QED) is 0.569. The fourth-order valence-electron chi connectivity index (χ4n) is 5.40. The lowest BCUT2D eigenvalue weighted by atomic mass is 9.69. The molecule has 3 aromatic rings. The molecule has 2 bridgehead atoms. The molecule has 3 aliphatic heterocycles. The first kappa shape index (κ1) is 21.5. The highest BCUT2D eigenvalue weighted by Gasteiger charge is 2.53. The van der Waals surface area contributed by atoms with Crippen LogP contribution in [0.5, 0.6) is 11.5 Å². The lowest BCUT2D eigenvalue weighted by molar-refractivity contribution is -0.211. The highest BCUT2D eigenvalue weighted by atomic mass is 16.6. The molecule has 3 fully saturated rings. The van der Waals surface area contributed by atoms with Gasteiger partial charge in [-0.05, 0) is 43.9 Å². The number of hydrogen-bond donors (Lipinski definition) is 2. The summed E-state index contributed by atoms with van der Waals surface area (Å²) < 4.78 is 19.1. The van der Waals surface area contributed by atoms with E-state index >= 15 is 0 Å². The number of nitrogens with zero attached hydrogens (tertiary/aromatic N) is 3. The Labute approximate surface area is 196 Å². The van der Waals surface area contributed by atoms with Crippen LogP contribution >= 0.6 is 0 Å². The van der Waals surface area contributed by atoms with Crippen molar-refractivity contribution in [2.45, 2.75) is 56.0 Å². The van der Waals surface area contributed by atoms with Crippen LogP contribution in [0.25, 0.3) is 11.0 Å². The van der Waals surface area contributed by atoms with Gasteiger partial charge >= 0.3 is 0 Å². The van der Waals surface area contributed by atoms with E-state index in [2.05, 4.69) is 15.3 Å². The Morgan fingerprint density at radius 1 is 1.09 bits per heavy atom. The van der Waals surface area contributed by atoms with Crippen molar-refractivity contribution in [2.75, 3.05) is 19.8 Å². The Balaban J connectivity index is 1.13. The molecule has 2 N–H and O–H groups in total. The Morgan fingerprint density at radius 3 is 2.71 bits per heavy atom. The molecule has 4 aliphatic rings. The first-order chi connectivity index (χ1) is 16.6. The van der Waals surface area contributed by atoms with Crippen LogP contribution in [0.1, 0.15) is 31.4 Å². The highest BCUT2D eigenvalue weighted by Crippen LogP contribution is 2.46. The average Bonchev–Trinajstić information content (AvgIpc) is 2.90. The number of nitrogens with one attached hydrogen (secondary N) is 1. The molecule has 0 amide bonds. The van der Waals surface area contributed by atoms with Gasteiger partial charge in [-0.2, -0.15) is 0 Å². The van der Waals surface area contributed by atoms with E-state index in [4.69, 9.17) is 14.2 Å². The van der Waals surface area contributed by atoms with E-state index in [1.807, 2.05) is 12.1 Å². The fraction of sp³-hybridized carbons (Fsp3) is 0.480. The van der Waals surface area contributed by atoms with Gasteiger partial charge in [0.2, 0.25) is 0 Å². The maximum atomic E-state index is 12.6. The normalized spacial score (nSPS) is 26.5. The SMILES string of the molecule is O=c1ccc2ncccc2n1CC(O)C12CCC(NCc3cc4c(cn3)OCCO4)(CC1)CO2. The molecule has 0 aromatic carbocycles. The summed E-state index contributed by atoms with van der Waals surface area (Å²) in [4.78, 5) is 21.4. The third-order valence-electron chi connectivity index (χ3n) is 7.54. The summed E-state index contributed by atoms with van der Waals surface area (Å²) in [6.07, 6.45) is 5.87. The van der Waals surface area contributed by atoms with Crippen molar-refractivity contribution in [3.63, 3.8) is 0 Å². The van der Waals surface area contributed by atoms with Crippen molar-refractivity contribution in [1.82, 2.24) is 19.9 Å². The molecule has 9 heteroatoms. The second-order valence-electron chi connectivity index (χ2n) is 9.51. The van der Waals surface area contributed by atoms with Crippen LogP contribution in [-0.2, 0) is 17.8 Å². The van der Waals surface area contributed by atoms with Crippen LogP contribution < -0.4 is 20.3 Å². The molecule has 1 aliphatic carbocycles. The van der Waals surface area contributed by atoms with Crippen molar-refractivity contribution < 1.29 is 19.3 Å². The molecular weight excluding hydrogens is 436 g/mol. The summed E-state index contributed by atoms with van der Waals surface area (Å²) in [5.74, 6) is 1.42. The van der Waals surface area contributed by atoms with Crippen LogP contribution in [0, 0.1) is 0 Å². The number of rotatable bonds is 6. The van der Waals surface area contributed by atoms with Crippen LogP contribution in [0.2, 0.25) is 0 Å². The number of hydrogen-bond acceptors (Lipinski definition) is 8. The van der Waals surface area contributed by atoms with E-state index in [1.165, 1.54) is 6.07 Å². The minimum Gasteiger partial charge on any atom is -0.486 e. The zero-order chi connectivity index (χ0) is 23.2. The van der Waals surface area contributed by atoms with Gasteiger partial charge in [-0.3, -0.25) is 14.8 Å². The number of pyridine rings is 3. The molecule has 7 rings (SSSR count). The molecule has 1 saturated carbocycles. The maximum Gasteiger partial charge on any atom is 0.251 e. The van der Waals surface area contributed by atoms with Crippen molar-refractivity contribution in [3.8, 4) is 11.5 Å². The summed E-state index contributed by atoms with van der Waals surface area (Å²) in [6, 6.07) is 8.81. The standard InChI is InChI=1S/C25H28N4O5/c30-22(15-29-19-2-1-9-26-18(19)3-4-23(29)31)25-7-5-24(6-8-25,16-34-25)28-13-17-12-20-21(14-27-17)33-11-10-32-20/h1-4,9,12,14,22,28,30H,5-8,10-11,13,15-16H2. The van der Waals surface area contributed by atoms with E-state index in [1.54, 1.807) is 29.1 Å². The van der Waals surface area contributed by atoms with Crippen LogP contribution in [-0.4, -0.2) is 56.7 Å². The fourth-order valence-corrected chi connectivity index (χ4v) is 5.40. The molecule has 178 valence electrons. The molecule has 1 atom stereocenters. The first-order valence-electron chi connectivity index (χ1n) is 11.8. The van der Waals surface area contributed by atoms with Gasteiger partial charge in [0, 0.05) is 30.4 Å². The van der Waals surface area contributed by atoms with Crippen LogP contribution in [0.15, 0.2) is 47.5 Å². The molecule has 9 nitrogen and oxygen atoms in total. The van der Waals surface area contributed by atoms with Crippen molar-refractivity contribution in [1.29, 1.82) is 0 Å². The zero-order valence-corrected chi connectivity index (χ0v) is 18.9. The van der Waals surface area contributed by atoms with Crippen LogP contribution in [0.4, 0.5) is 0 Å². The molecule has 0 radical (unpaired) electrons. The summed E-state index contributed by atoms with van der Waals surface area (Å²) >= 11 is 0. The molecule has 2 saturated heterocycles. The number of fused-ring (bicyclic) bond motifs is 5. The zero-order valence-electron chi connectivity index (χ0n) is 18.9. The van der Waals surface area contributed by atoms with Gasteiger partial charge in [-0.25, -0.2) is 0 Å². The van der Waals surface area contributed by atoms with Gasteiger partial charge in [-0.1, -0.05) is 0 Å². The summed E-state index contributed by atoms with van der Waals surface area (Å²) in [6.45, 7) is 2.40. The molecule has 6 heterocycles. The minimum atomic E-state index is -0.784. The summed E-state index contributed by atoms with van der Waals surface area (Å²) in [5, 5.41) is 14.9. The predicted octanol–water partition coefficient (Wildman–Crippen LogP) is 1.80. The van der Waals surface area contributed by atoms with Gasteiger partial charge in [0.1, 0.15) is 19.3 Å². The minimum absolute atomic E-state index is 0.142. The van der Waals surface area contributed by atoms with Gasteiger partial charge < -0.3 is 29.2 Å². The highest BCUT2D eigenvalue weighted by molar-refractivity contribution is 5.73. The molecular formula is C25H28N4O5. The third-order valence-corrected chi connectivity index (χ3v) is 7.54.